The van der Waals surface area contributed by atoms with Gasteiger partial charge in [0.05, 0.1) is 6.61 Å². The van der Waals surface area contributed by atoms with E-state index in [2.05, 4.69) is 4.90 Å². The number of nitrogens with two attached hydrogens (primary N) is 1. The van der Waals surface area contributed by atoms with Gasteiger partial charge in [0, 0.05) is 18.7 Å². The zero-order valence-electron chi connectivity index (χ0n) is 8.24. The van der Waals surface area contributed by atoms with Crippen LogP contribution in [-0.2, 0) is 4.74 Å². The molecule has 3 nitrogen and oxygen atoms in total. The Hall–Kier alpha value is -0.120. The Morgan fingerprint density at radius 1 is 1.15 bits per heavy atom. The summed E-state index contributed by atoms with van der Waals surface area (Å²) in [5.41, 5.74) is 6.04. The first-order valence-corrected chi connectivity index (χ1v) is 5.45. The van der Waals surface area contributed by atoms with Crippen molar-refractivity contribution in [1.82, 2.24) is 4.90 Å². The predicted molar refractivity (Wildman–Crippen MR) is 52.6 cm³/mol. The van der Waals surface area contributed by atoms with Crippen LogP contribution in [0.15, 0.2) is 0 Å². The van der Waals surface area contributed by atoms with Gasteiger partial charge in [-0.1, -0.05) is 6.42 Å². The average molecular weight is 184 g/mol. The molecule has 2 atom stereocenters. The van der Waals surface area contributed by atoms with E-state index in [-0.39, 0.29) is 6.04 Å². The molecule has 2 unspecified atom stereocenters. The molecule has 0 saturated carbocycles. The molecule has 13 heavy (non-hydrogen) atoms. The standard InChI is InChI=1S/C10H20N2O/c11-9-8-13-7-4-10(9)12-5-2-1-3-6-12/h9-10H,1-8,11H2. The molecule has 0 aliphatic carbocycles. The van der Waals surface area contributed by atoms with E-state index >= 15 is 0 Å². The van der Waals surface area contributed by atoms with Crippen LogP contribution in [0, 0.1) is 0 Å². The highest BCUT2D eigenvalue weighted by Gasteiger charge is 2.28. The molecule has 2 aliphatic rings. The van der Waals surface area contributed by atoms with Gasteiger partial charge < -0.3 is 10.5 Å². The first kappa shape index (κ1) is 9.44. The lowest BCUT2D eigenvalue weighted by Crippen LogP contribution is -2.54. The lowest BCUT2D eigenvalue weighted by Gasteiger charge is -2.40. The minimum Gasteiger partial charge on any atom is -0.380 e. The van der Waals surface area contributed by atoms with Gasteiger partial charge in [-0.3, -0.25) is 4.90 Å². The van der Waals surface area contributed by atoms with Crippen molar-refractivity contribution in [3.8, 4) is 0 Å². The second-order valence-corrected chi connectivity index (χ2v) is 4.19. The molecule has 0 amide bonds. The summed E-state index contributed by atoms with van der Waals surface area (Å²) in [5.74, 6) is 0. The zero-order valence-corrected chi connectivity index (χ0v) is 8.24. The highest BCUT2D eigenvalue weighted by molar-refractivity contribution is 4.86. The first-order valence-electron chi connectivity index (χ1n) is 5.45. The molecule has 0 spiro atoms. The molecule has 2 heterocycles. The van der Waals surface area contributed by atoms with Gasteiger partial charge in [0.25, 0.3) is 0 Å². The molecule has 2 rings (SSSR count). The Balaban J connectivity index is 1.88. The number of rotatable bonds is 1. The SMILES string of the molecule is NC1COCCC1N1CCCCC1. The summed E-state index contributed by atoms with van der Waals surface area (Å²) >= 11 is 0. The monoisotopic (exact) mass is 184 g/mol. The van der Waals surface area contributed by atoms with E-state index in [1.54, 1.807) is 0 Å². The van der Waals surface area contributed by atoms with Crippen LogP contribution in [0.25, 0.3) is 0 Å². The Morgan fingerprint density at radius 3 is 2.62 bits per heavy atom. The van der Waals surface area contributed by atoms with Gasteiger partial charge in [0.2, 0.25) is 0 Å². The Morgan fingerprint density at radius 2 is 1.92 bits per heavy atom. The van der Waals surface area contributed by atoms with Crippen LogP contribution in [0.4, 0.5) is 0 Å². The van der Waals surface area contributed by atoms with Crippen molar-refractivity contribution in [2.24, 2.45) is 5.73 Å². The van der Waals surface area contributed by atoms with E-state index in [9.17, 15) is 0 Å². The maximum Gasteiger partial charge on any atom is 0.0632 e. The Kier molecular flexibility index (Phi) is 3.19. The minimum atomic E-state index is 0.242. The van der Waals surface area contributed by atoms with E-state index in [0.29, 0.717) is 6.04 Å². The fourth-order valence-corrected chi connectivity index (χ4v) is 2.45. The van der Waals surface area contributed by atoms with Crippen LogP contribution in [-0.4, -0.2) is 43.3 Å². The molecule has 2 saturated heterocycles. The van der Waals surface area contributed by atoms with E-state index < -0.39 is 0 Å². The highest BCUT2D eigenvalue weighted by Crippen LogP contribution is 2.18. The number of piperidine rings is 1. The summed E-state index contributed by atoms with van der Waals surface area (Å²) in [5, 5.41) is 0. The molecule has 2 aliphatic heterocycles. The summed E-state index contributed by atoms with van der Waals surface area (Å²) in [4.78, 5) is 2.57. The van der Waals surface area contributed by atoms with Gasteiger partial charge in [-0.15, -0.1) is 0 Å². The van der Waals surface area contributed by atoms with Crippen LogP contribution < -0.4 is 5.73 Å². The number of hydrogen-bond acceptors (Lipinski definition) is 3. The largest absolute Gasteiger partial charge is 0.380 e. The van der Waals surface area contributed by atoms with Gasteiger partial charge in [-0.2, -0.15) is 0 Å². The molecule has 3 heteroatoms. The molecule has 76 valence electrons. The van der Waals surface area contributed by atoms with Crippen LogP contribution >= 0.6 is 0 Å². The number of hydrogen-bond donors (Lipinski definition) is 1. The van der Waals surface area contributed by atoms with Crippen molar-refractivity contribution in [2.45, 2.75) is 37.8 Å². The zero-order chi connectivity index (χ0) is 9.10. The summed E-state index contributed by atoms with van der Waals surface area (Å²) in [6, 6.07) is 0.834. The lowest BCUT2D eigenvalue weighted by molar-refractivity contribution is 0.0115. The van der Waals surface area contributed by atoms with Crippen molar-refractivity contribution in [3.63, 3.8) is 0 Å². The van der Waals surface area contributed by atoms with E-state index in [1.807, 2.05) is 0 Å². The van der Waals surface area contributed by atoms with E-state index in [1.165, 1.54) is 32.4 Å². The fraction of sp³-hybridized carbons (Fsp3) is 1.00. The topological polar surface area (TPSA) is 38.5 Å². The fourth-order valence-electron chi connectivity index (χ4n) is 2.45. The maximum absolute atomic E-state index is 6.04. The third kappa shape index (κ3) is 2.22. The van der Waals surface area contributed by atoms with Crippen molar-refractivity contribution in [2.75, 3.05) is 26.3 Å². The Bertz CT molecular complexity index is 157. The predicted octanol–water partition coefficient (Wildman–Crippen LogP) is 0.588. The molecular formula is C10H20N2O. The second-order valence-electron chi connectivity index (χ2n) is 4.19. The number of ether oxygens (including phenoxy) is 1. The molecule has 0 aromatic carbocycles. The first-order chi connectivity index (χ1) is 6.38. The van der Waals surface area contributed by atoms with Gasteiger partial charge in [0.1, 0.15) is 0 Å². The average Bonchev–Trinajstić information content (AvgIpc) is 2.20. The molecule has 0 aromatic heterocycles. The minimum absolute atomic E-state index is 0.242. The number of nitrogens with zero attached hydrogens (tertiary/aromatic N) is 1. The summed E-state index contributed by atoms with van der Waals surface area (Å²) in [6.45, 7) is 4.15. The van der Waals surface area contributed by atoms with Crippen LogP contribution in [0.3, 0.4) is 0 Å². The molecule has 0 bridgehead atoms. The Labute approximate surface area is 80.2 Å². The van der Waals surface area contributed by atoms with E-state index in [0.717, 1.165) is 19.6 Å². The quantitative estimate of drug-likeness (QED) is 0.648. The molecular weight excluding hydrogens is 164 g/mol. The van der Waals surface area contributed by atoms with Gasteiger partial charge in [-0.25, -0.2) is 0 Å². The van der Waals surface area contributed by atoms with Crippen molar-refractivity contribution < 1.29 is 4.74 Å². The molecule has 0 radical (unpaired) electrons. The van der Waals surface area contributed by atoms with Crippen molar-refractivity contribution in [1.29, 1.82) is 0 Å². The highest BCUT2D eigenvalue weighted by atomic mass is 16.5. The molecule has 2 fully saturated rings. The smallest absolute Gasteiger partial charge is 0.0632 e. The third-order valence-corrected chi connectivity index (χ3v) is 3.22. The lowest BCUT2D eigenvalue weighted by atomic mass is 9.99. The van der Waals surface area contributed by atoms with Gasteiger partial charge >= 0.3 is 0 Å². The van der Waals surface area contributed by atoms with Crippen molar-refractivity contribution >= 4 is 0 Å². The van der Waals surface area contributed by atoms with Crippen LogP contribution in [0.5, 0.6) is 0 Å². The number of likely N-dealkylation sites (tertiary alicyclic amines) is 1. The van der Waals surface area contributed by atoms with E-state index in [4.69, 9.17) is 10.5 Å². The summed E-state index contributed by atoms with van der Waals surface area (Å²) in [7, 11) is 0. The summed E-state index contributed by atoms with van der Waals surface area (Å²) < 4.78 is 5.35. The van der Waals surface area contributed by atoms with Crippen LogP contribution in [0.1, 0.15) is 25.7 Å². The van der Waals surface area contributed by atoms with Gasteiger partial charge in [0.15, 0.2) is 0 Å². The molecule has 2 N–H and O–H groups in total. The molecule has 0 aromatic rings. The summed E-state index contributed by atoms with van der Waals surface area (Å²) in [6.07, 6.45) is 5.23. The third-order valence-electron chi connectivity index (χ3n) is 3.22. The normalized spacial score (nSPS) is 37.6. The second kappa shape index (κ2) is 4.40. The maximum atomic E-state index is 6.04. The van der Waals surface area contributed by atoms with Gasteiger partial charge in [-0.05, 0) is 32.4 Å². The van der Waals surface area contributed by atoms with Crippen LogP contribution in [0.2, 0.25) is 0 Å². The van der Waals surface area contributed by atoms with Crippen molar-refractivity contribution in [3.05, 3.63) is 0 Å².